The van der Waals surface area contributed by atoms with Crippen LogP contribution in [0.2, 0.25) is 0 Å². The largest absolute Gasteiger partial charge is 0.494 e. The number of benzene rings is 2. The second-order valence-electron chi connectivity index (χ2n) is 8.10. The molecule has 0 bridgehead atoms. The van der Waals surface area contributed by atoms with Gasteiger partial charge in [0.25, 0.3) is 5.91 Å². The summed E-state index contributed by atoms with van der Waals surface area (Å²) in [4.78, 5) is 13.5. The van der Waals surface area contributed by atoms with Gasteiger partial charge in [0.2, 0.25) is 0 Å². The average molecular weight is 387 g/mol. The van der Waals surface area contributed by atoms with E-state index in [2.05, 4.69) is 0 Å². The summed E-state index contributed by atoms with van der Waals surface area (Å²) < 4.78 is 57.4. The van der Waals surface area contributed by atoms with Gasteiger partial charge in [0.15, 0.2) is 0 Å². The Morgan fingerprint density at radius 3 is 2.39 bits per heavy atom. The average Bonchev–Trinajstić information content (AvgIpc) is 2.98. The zero-order valence-electron chi connectivity index (χ0n) is 18.2. The zero-order chi connectivity index (χ0) is 22.1. The van der Waals surface area contributed by atoms with Crippen LogP contribution >= 0.6 is 0 Å². The Morgan fingerprint density at radius 2 is 1.79 bits per heavy atom. The second kappa shape index (κ2) is 6.39. The highest BCUT2D eigenvalue weighted by Crippen LogP contribution is 2.36. The predicted octanol–water partition coefficient (Wildman–Crippen LogP) is 3.42. The first-order valence-electron chi connectivity index (χ1n) is 10.1. The van der Waals surface area contributed by atoms with Crippen LogP contribution in [0.4, 0.5) is 8.78 Å². The molecule has 2 aromatic carbocycles. The minimum absolute atomic E-state index is 0.0539. The fraction of sp³-hybridized carbons (Fsp3) is 0.381. The Morgan fingerprint density at radius 1 is 1.11 bits per heavy atom. The molecule has 0 atom stereocenters. The van der Waals surface area contributed by atoms with E-state index >= 15 is 0 Å². The lowest BCUT2D eigenvalue weighted by molar-refractivity contribution is 0.00578. The van der Waals surface area contributed by atoms with Crippen LogP contribution in [0.3, 0.4) is 0 Å². The maximum absolute atomic E-state index is 14.9. The van der Waals surface area contributed by atoms with Crippen molar-refractivity contribution in [3.05, 3.63) is 64.7 Å². The molecular weight excluding hydrogens is 363 g/mol. The topological polar surface area (TPSA) is 38.8 Å². The van der Waals surface area contributed by atoms with Crippen molar-refractivity contribution < 1.29 is 25.6 Å². The predicted molar refractivity (Wildman–Crippen MR) is 102 cm³/mol. The molecule has 7 heteroatoms. The highest BCUT2D eigenvalue weighted by molar-refractivity contribution is 6.62. The third-order valence-corrected chi connectivity index (χ3v) is 5.66. The zero-order valence-corrected chi connectivity index (χ0v) is 16.2. The van der Waals surface area contributed by atoms with E-state index in [1.165, 1.54) is 24.3 Å². The number of halogens is 2. The van der Waals surface area contributed by atoms with Crippen LogP contribution in [0.15, 0.2) is 36.4 Å². The Kier molecular flexibility index (Phi) is 3.81. The van der Waals surface area contributed by atoms with Crippen molar-refractivity contribution in [2.75, 3.05) is 0 Å². The number of hydrogen-bond acceptors (Lipinski definition) is 3. The van der Waals surface area contributed by atoms with Crippen LogP contribution in [0, 0.1) is 11.6 Å². The minimum Gasteiger partial charge on any atom is -0.399 e. The van der Waals surface area contributed by atoms with E-state index in [1.807, 2.05) is 27.7 Å². The first-order chi connectivity index (χ1) is 13.8. The molecule has 28 heavy (non-hydrogen) atoms. The molecule has 1 amide bonds. The molecular formula is C21H22BF2NO3. The molecule has 2 aromatic rings. The Labute approximate surface area is 166 Å². The highest BCUT2D eigenvalue weighted by Gasteiger charge is 2.51. The number of rotatable bonds is 3. The lowest BCUT2D eigenvalue weighted by Crippen LogP contribution is -2.41. The standard InChI is InChI=1S/C21H22BF2NO3/c1-20(2)21(3,4)28-22(27-20)15-9-8-13(17(24)10-15)11-25-12-14-6-5-7-16(23)18(14)19(25)26/h5-10H,11-12H2,1-4H3/i12D2. The summed E-state index contributed by atoms with van der Waals surface area (Å²) in [5.74, 6) is -2.22. The van der Waals surface area contributed by atoms with E-state index in [0.717, 1.165) is 11.0 Å². The maximum Gasteiger partial charge on any atom is 0.494 e. The molecule has 0 spiro atoms. The van der Waals surface area contributed by atoms with Crippen LogP contribution in [0.25, 0.3) is 0 Å². The van der Waals surface area contributed by atoms with Gasteiger partial charge in [0.05, 0.1) is 19.5 Å². The van der Waals surface area contributed by atoms with Crippen molar-refractivity contribution in [2.45, 2.75) is 51.9 Å². The molecule has 0 radical (unpaired) electrons. The number of amides is 1. The van der Waals surface area contributed by atoms with Crippen molar-refractivity contribution in [3.63, 3.8) is 0 Å². The van der Waals surface area contributed by atoms with Gasteiger partial charge in [-0.2, -0.15) is 0 Å². The molecule has 0 unspecified atom stereocenters. The summed E-state index contributed by atoms with van der Waals surface area (Å²) in [5, 5.41) is 0. The monoisotopic (exact) mass is 387 g/mol. The maximum atomic E-state index is 14.9. The highest BCUT2D eigenvalue weighted by atomic mass is 19.1. The van der Waals surface area contributed by atoms with Gasteiger partial charge in [0, 0.05) is 18.6 Å². The van der Waals surface area contributed by atoms with E-state index in [1.54, 1.807) is 6.07 Å². The number of hydrogen-bond donors (Lipinski definition) is 0. The lowest BCUT2D eigenvalue weighted by atomic mass is 9.78. The van der Waals surface area contributed by atoms with Crippen LogP contribution in [-0.4, -0.2) is 29.1 Å². The number of carbonyl (C=O) groups is 1. The molecule has 0 aromatic heterocycles. The third-order valence-electron chi connectivity index (χ3n) is 5.66. The third kappa shape index (κ3) is 3.03. The summed E-state index contributed by atoms with van der Waals surface area (Å²) in [6.45, 7) is 5.01. The number of nitrogens with zero attached hydrogens (tertiary/aromatic N) is 1. The molecule has 1 saturated heterocycles. The van der Waals surface area contributed by atoms with E-state index in [-0.39, 0.29) is 23.2 Å². The van der Waals surface area contributed by atoms with Crippen molar-refractivity contribution in [3.8, 4) is 0 Å². The van der Waals surface area contributed by atoms with E-state index < -0.39 is 42.4 Å². The normalized spacial score (nSPS) is 22.9. The van der Waals surface area contributed by atoms with Gasteiger partial charge in [0.1, 0.15) is 11.6 Å². The summed E-state index contributed by atoms with van der Waals surface area (Å²) in [6, 6.07) is 8.19. The summed E-state index contributed by atoms with van der Waals surface area (Å²) >= 11 is 0. The summed E-state index contributed by atoms with van der Waals surface area (Å²) in [5.41, 5.74) is -0.902. The minimum atomic E-state index is -2.24. The van der Waals surface area contributed by atoms with Gasteiger partial charge < -0.3 is 14.2 Å². The van der Waals surface area contributed by atoms with Crippen LogP contribution in [-0.2, 0) is 22.4 Å². The van der Waals surface area contributed by atoms with Gasteiger partial charge in [-0.25, -0.2) is 8.78 Å². The molecule has 4 rings (SSSR count). The van der Waals surface area contributed by atoms with Gasteiger partial charge in [-0.3, -0.25) is 4.79 Å². The second-order valence-corrected chi connectivity index (χ2v) is 8.10. The SMILES string of the molecule is [2H]C1([2H])c2cccc(F)c2C(=O)N1Cc1ccc(B2OC(C)(C)C(C)(C)O2)cc1F. The Hall–Kier alpha value is -2.25. The molecule has 0 saturated carbocycles. The summed E-state index contributed by atoms with van der Waals surface area (Å²) in [7, 11) is -0.739. The summed E-state index contributed by atoms with van der Waals surface area (Å²) in [6.07, 6.45) is 0. The Balaban J connectivity index is 1.60. The fourth-order valence-corrected chi connectivity index (χ4v) is 3.27. The Bertz CT molecular complexity index is 1030. The van der Waals surface area contributed by atoms with Crippen molar-refractivity contribution in [1.29, 1.82) is 0 Å². The molecule has 0 N–H and O–H groups in total. The van der Waals surface area contributed by atoms with Crippen molar-refractivity contribution in [1.82, 2.24) is 4.90 Å². The lowest BCUT2D eigenvalue weighted by Gasteiger charge is -2.32. The molecule has 2 heterocycles. The van der Waals surface area contributed by atoms with E-state index in [9.17, 15) is 13.6 Å². The molecule has 146 valence electrons. The van der Waals surface area contributed by atoms with E-state index in [0.29, 0.717) is 5.46 Å². The molecule has 4 nitrogen and oxygen atoms in total. The van der Waals surface area contributed by atoms with Gasteiger partial charge in [-0.15, -0.1) is 0 Å². The van der Waals surface area contributed by atoms with E-state index in [4.69, 9.17) is 12.1 Å². The number of carbonyl (C=O) groups excluding carboxylic acids is 1. The van der Waals surface area contributed by atoms with Crippen molar-refractivity contribution >= 4 is 18.5 Å². The first-order valence-corrected chi connectivity index (χ1v) is 9.10. The van der Waals surface area contributed by atoms with Crippen LogP contribution in [0.5, 0.6) is 0 Å². The van der Waals surface area contributed by atoms with Gasteiger partial charge in [-0.1, -0.05) is 24.3 Å². The molecule has 2 aliphatic heterocycles. The van der Waals surface area contributed by atoms with Crippen LogP contribution < -0.4 is 5.46 Å². The molecule has 2 aliphatic rings. The quantitative estimate of drug-likeness (QED) is 0.758. The van der Waals surface area contributed by atoms with Gasteiger partial charge >= 0.3 is 7.12 Å². The first kappa shape index (κ1) is 16.7. The smallest absolute Gasteiger partial charge is 0.399 e. The number of fused-ring (bicyclic) bond motifs is 1. The van der Waals surface area contributed by atoms with Crippen molar-refractivity contribution in [2.24, 2.45) is 0 Å². The molecule has 1 fully saturated rings. The van der Waals surface area contributed by atoms with Crippen LogP contribution in [0.1, 0.15) is 51.9 Å². The van der Waals surface area contributed by atoms with Gasteiger partial charge in [-0.05, 0) is 50.9 Å². The fourth-order valence-electron chi connectivity index (χ4n) is 3.27. The molecule has 0 aliphatic carbocycles.